The Morgan fingerprint density at radius 1 is 1.03 bits per heavy atom. The smallest absolute Gasteiger partial charge is 0.410 e. The molecule has 1 amide bonds. The second kappa shape index (κ2) is 10.8. The number of likely N-dealkylation sites (tertiary alicyclic amines) is 1. The SMILES string of the molecule is CC(C)(C)OC(=O)N(C1CCN(CCCc2ccc(C(=O)O)cc2)CC1)C1CC1c1ccccc1. The highest BCUT2D eigenvalue weighted by atomic mass is 16.6. The van der Waals surface area contributed by atoms with Crippen molar-refractivity contribution >= 4 is 12.1 Å². The third kappa shape index (κ3) is 6.85. The number of carboxylic acid groups (broad SMARTS) is 1. The van der Waals surface area contributed by atoms with Crippen molar-refractivity contribution in [1.82, 2.24) is 9.80 Å². The molecule has 188 valence electrons. The highest BCUT2D eigenvalue weighted by Crippen LogP contribution is 2.46. The lowest BCUT2D eigenvalue weighted by molar-refractivity contribution is 0.00524. The van der Waals surface area contributed by atoms with E-state index in [0.29, 0.717) is 11.5 Å². The Balaban J connectivity index is 1.30. The number of rotatable bonds is 8. The molecule has 0 spiro atoms. The van der Waals surface area contributed by atoms with Crippen LogP contribution in [0.5, 0.6) is 0 Å². The van der Waals surface area contributed by atoms with Gasteiger partial charge in [0.05, 0.1) is 5.56 Å². The maximum atomic E-state index is 13.2. The number of amides is 1. The van der Waals surface area contributed by atoms with Gasteiger partial charge in [-0.2, -0.15) is 0 Å². The molecule has 2 aromatic carbocycles. The number of nitrogens with zero attached hydrogens (tertiary/aromatic N) is 2. The Kier molecular flexibility index (Phi) is 7.80. The van der Waals surface area contributed by atoms with Crippen LogP contribution in [0.15, 0.2) is 54.6 Å². The van der Waals surface area contributed by atoms with Crippen LogP contribution in [0.25, 0.3) is 0 Å². The highest BCUT2D eigenvalue weighted by Gasteiger charge is 2.48. The van der Waals surface area contributed by atoms with Gasteiger partial charge < -0.3 is 19.6 Å². The normalized spacial score (nSPS) is 20.9. The van der Waals surface area contributed by atoms with Gasteiger partial charge in [-0.3, -0.25) is 0 Å². The van der Waals surface area contributed by atoms with E-state index in [1.54, 1.807) is 12.1 Å². The topological polar surface area (TPSA) is 70.1 Å². The van der Waals surface area contributed by atoms with Gasteiger partial charge >= 0.3 is 12.1 Å². The van der Waals surface area contributed by atoms with Crippen LogP contribution < -0.4 is 0 Å². The van der Waals surface area contributed by atoms with E-state index >= 15 is 0 Å². The van der Waals surface area contributed by atoms with Crippen molar-refractivity contribution in [2.45, 2.75) is 76.5 Å². The Labute approximate surface area is 208 Å². The summed E-state index contributed by atoms with van der Waals surface area (Å²) in [6, 6.07) is 18.1. The van der Waals surface area contributed by atoms with Crippen LogP contribution in [0, 0.1) is 0 Å². The highest BCUT2D eigenvalue weighted by molar-refractivity contribution is 5.87. The number of aryl methyl sites for hydroxylation is 1. The van der Waals surface area contributed by atoms with E-state index in [1.165, 1.54) is 11.1 Å². The van der Waals surface area contributed by atoms with E-state index in [9.17, 15) is 9.59 Å². The first-order valence-corrected chi connectivity index (χ1v) is 12.8. The van der Waals surface area contributed by atoms with Crippen molar-refractivity contribution < 1.29 is 19.4 Å². The minimum absolute atomic E-state index is 0.177. The Morgan fingerprint density at radius 3 is 2.29 bits per heavy atom. The number of benzene rings is 2. The zero-order chi connectivity index (χ0) is 25.0. The number of carbonyl (C=O) groups is 2. The second-order valence-corrected chi connectivity index (χ2v) is 10.9. The summed E-state index contributed by atoms with van der Waals surface area (Å²) < 4.78 is 5.84. The van der Waals surface area contributed by atoms with Crippen molar-refractivity contribution in [2.24, 2.45) is 0 Å². The van der Waals surface area contributed by atoms with Gasteiger partial charge in [-0.05, 0) is 82.7 Å². The van der Waals surface area contributed by atoms with Gasteiger partial charge in [0.2, 0.25) is 0 Å². The van der Waals surface area contributed by atoms with Crippen LogP contribution in [-0.4, -0.2) is 64.3 Å². The molecule has 35 heavy (non-hydrogen) atoms. The predicted molar refractivity (Wildman–Crippen MR) is 137 cm³/mol. The molecular weight excluding hydrogens is 440 g/mol. The number of ether oxygens (including phenoxy) is 1. The van der Waals surface area contributed by atoms with E-state index in [-0.39, 0.29) is 18.2 Å². The van der Waals surface area contributed by atoms with E-state index < -0.39 is 11.6 Å². The molecular formula is C29H38N2O4. The standard InChI is InChI=1S/C29H38N2O4/c1-29(2,3)35-28(34)31(26-20-25(26)22-9-5-4-6-10-22)24-15-18-30(19-16-24)17-7-8-21-11-13-23(14-12-21)27(32)33/h4-6,9-14,24-26H,7-8,15-20H2,1-3H3,(H,32,33). The van der Waals surface area contributed by atoms with Crippen molar-refractivity contribution in [3.63, 3.8) is 0 Å². The van der Waals surface area contributed by atoms with E-state index in [4.69, 9.17) is 9.84 Å². The van der Waals surface area contributed by atoms with Gasteiger partial charge in [0.25, 0.3) is 0 Å². The van der Waals surface area contributed by atoms with Gasteiger partial charge in [0, 0.05) is 31.1 Å². The molecule has 1 saturated heterocycles. The van der Waals surface area contributed by atoms with Gasteiger partial charge in [0.15, 0.2) is 0 Å². The van der Waals surface area contributed by atoms with Gasteiger partial charge in [-0.15, -0.1) is 0 Å². The maximum absolute atomic E-state index is 13.2. The number of carbonyl (C=O) groups excluding carboxylic acids is 1. The van der Waals surface area contributed by atoms with Crippen LogP contribution in [0.4, 0.5) is 4.79 Å². The van der Waals surface area contributed by atoms with E-state index in [1.807, 2.05) is 39.0 Å². The summed E-state index contributed by atoms with van der Waals surface area (Å²) in [6.45, 7) is 8.76. The van der Waals surface area contributed by atoms with Crippen LogP contribution in [0.3, 0.4) is 0 Å². The molecule has 1 N–H and O–H groups in total. The summed E-state index contributed by atoms with van der Waals surface area (Å²) in [4.78, 5) is 28.8. The number of hydrogen-bond acceptors (Lipinski definition) is 4. The molecule has 2 fully saturated rings. The molecule has 2 aliphatic rings. The third-order valence-electron chi connectivity index (χ3n) is 7.04. The van der Waals surface area contributed by atoms with Crippen molar-refractivity contribution in [2.75, 3.05) is 19.6 Å². The molecule has 1 saturated carbocycles. The lowest BCUT2D eigenvalue weighted by Crippen LogP contribution is -2.50. The van der Waals surface area contributed by atoms with E-state index in [0.717, 1.165) is 51.7 Å². The Bertz CT molecular complexity index is 992. The summed E-state index contributed by atoms with van der Waals surface area (Å²) in [6.07, 6.45) is 4.72. The lowest BCUT2D eigenvalue weighted by atomic mass is 10.0. The summed E-state index contributed by atoms with van der Waals surface area (Å²) in [5.41, 5.74) is 2.30. The average molecular weight is 479 g/mol. The first-order chi connectivity index (χ1) is 16.7. The molecule has 4 rings (SSSR count). The predicted octanol–water partition coefficient (Wildman–Crippen LogP) is 5.58. The molecule has 6 heteroatoms. The third-order valence-corrected chi connectivity index (χ3v) is 7.04. The molecule has 1 aliphatic heterocycles. The van der Waals surface area contributed by atoms with E-state index in [2.05, 4.69) is 34.1 Å². The molecule has 6 nitrogen and oxygen atoms in total. The summed E-state index contributed by atoms with van der Waals surface area (Å²) in [5, 5.41) is 9.04. The fourth-order valence-electron chi connectivity index (χ4n) is 5.16. The fraction of sp³-hybridized carbons (Fsp3) is 0.517. The zero-order valence-corrected chi connectivity index (χ0v) is 21.2. The van der Waals surface area contributed by atoms with Crippen molar-refractivity contribution in [3.8, 4) is 0 Å². The van der Waals surface area contributed by atoms with Gasteiger partial charge in [0.1, 0.15) is 5.60 Å². The quantitative estimate of drug-likeness (QED) is 0.537. The van der Waals surface area contributed by atoms with Crippen LogP contribution in [-0.2, 0) is 11.2 Å². The molecule has 0 aromatic heterocycles. The molecule has 0 bridgehead atoms. The van der Waals surface area contributed by atoms with Crippen LogP contribution in [0.2, 0.25) is 0 Å². The minimum atomic E-state index is -0.888. The van der Waals surface area contributed by atoms with Gasteiger partial charge in [-0.1, -0.05) is 42.5 Å². The maximum Gasteiger partial charge on any atom is 0.410 e. The average Bonchev–Trinajstić information content (AvgIpc) is 3.60. The Hall–Kier alpha value is -2.86. The van der Waals surface area contributed by atoms with Crippen molar-refractivity contribution in [1.29, 1.82) is 0 Å². The molecule has 2 atom stereocenters. The monoisotopic (exact) mass is 478 g/mol. The zero-order valence-electron chi connectivity index (χ0n) is 21.2. The fourth-order valence-corrected chi connectivity index (χ4v) is 5.16. The van der Waals surface area contributed by atoms with Crippen LogP contribution >= 0.6 is 0 Å². The molecule has 0 radical (unpaired) electrons. The Morgan fingerprint density at radius 2 is 1.69 bits per heavy atom. The first-order valence-electron chi connectivity index (χ1n) is 12.8. The number of hydrogen-bond donors (Lipinski definition) is 1. The van der Waals surface area contributed by atoms with Crippen molar-refractivity contribution in [3.05, 3.63) is 71.3 Å². The van der Waals surface area contributed by atoms with Crippen LogP contribution in [0.1, 0.15) is 73.9 Å². The van der Waals surface area contributed by atoms with Gasteiger partial charge in [-0.25, -0.2) is 9.59 Å². The lowest BCUT2D eigenvalue weighted by Gasteiger charge is -2.39. The number of aromatic carboxylic acids is 1. The second-order valence-electron chi connectivity index (χ2n) is 10.9. The number of piperidine rings is 1. The minimum Gasteiger partial charge on any atom is -0.478 e. The molecule has 2 unspecified atom stereocenters. The summed E-state index contributed by atoms with van der Waals surface area (Å²) in [5.74, 6) is -0.490. The molecule has 1 aliphatic carbocycles. The summed E-state index contributed by atoms with van der Waals surface area (Å²) >= 11 is 0. The number of carboxylic acids is 1. The first kappa shape index (κ1) is 25.2. The largest absolute Gasteiger partial charge is 0.478 e. The summed E-state index contributed by atoms with van der Waals surface area (Å²) in [7, 11) is 0. The molecule has 2 aromatic rings. The molecule has 1 heterocycles.